The van der Waals surface area contributed by atoms with Crippen molar-refractivity contribution < 1.29 is 14.6 Å². The van der Waals surface area contributed by atoms with Gasteiger partial charge in [-0.05, 0) is 41.5 Å². The smallest absolute Gasteiger partial charge is 0.409 e. The Morgan fingerprint density at radius 1 is 1.12 bits per heavy atom. The average molecular weight is 337 g/mol. The average Bonchev–Trinajstić information content (AvgIpc) is 2.92. The molecule has 1 saturated carbocycles. The highest BCUT2D eigenvalue weighted by atomic mass is 16.6. The summed E-state index contributed by atoms with van der Waals surface area (Å²) in [5, 5.41) is 10.2. The zero-order valence-electron chi connectivity index (χ0n) is 14.4. The van der Waals surface area contributed by atoms with Gasteiger partial charge in [0.2, 0.25) is 0 Å². The van der Waals surface area contributed by atoms with Gasteiger partial charge in [-0.1, -0.05) is 48.5 Å². The first-order valence-electron chi connectivity index (χ1n) is 8.86. The van der Waals surface area contributed by atoms with Gasteiger partial charge in [-0.2, -0.15) is 0 Å². The zero-order chi connectivity index (χ0) is 17.4. The quantitative estimate of drug-likeness (QED) is 0.924. The van der Waals surface area contributed by atoms with Crippen LogP contribution in [0.3, 0.4) is 0 Å². The molecule has 25 heavy (non-hydrogen) atoms. The van der Waals surface area contributed by atoms with Crippen molar-refractivity contribution in [3.05, 3.63) is 59.7 Å². The summed E-state index contributed by atoms with van der Waals surface area (Å²) in [5.41, 5.74) is 4.13. The van der Waals surface area contributed by atoms with Crippen molar-refractivity contribution in [1.29, 1.82) is 0 Å². The van der Waals surface area contributed by atoms with Gasteiger partial charge < -0.3 is 14.7 Å². The van der Waals surface area contributed by atoms with Crippen LogP contribution in [0.15, 0.2) is 48.5 Å². The molecule has 0 saturated heterocycles. The number of hydrogen-bond donors (Lipinski definition) is 1. The Labute approximate surface area is 148 Å². The number of carbonyl (C=O) groups excluding carboxylic acids is 1. The van der Waals surface area contributed by atoms with E-state index < -0.39 is 5.60 Å². The van der Waals surface area contributed by atoms with Crippen LogP contribution in [0.4, 0.5) is 4.79 Å². The number of carbonyl (C=O) groups is 1. The monoisotopic (exact) mass is 337 g/mol. The second kappa shape index (κ2) is 6.19. The molecule has 2 aromatic rings. The third-order valence-corrected chi connectivity index (χ3v) is 5.46. The molecule has 0 heterocycles. The fourth-order valence-electron chi connectivity index (χ4n) is 3.95. The van der Waals surface area contributed by atoms with Gasteiger partial charge in [-0.25, -0.2) is 4.79 Å². The van der Waals surface area contributed by atoms with Gasteiger partial charge in [0.25, 0.3) is 0 Å². The van der Waals surface area contributed by atoms with Crippen LogP contribution < -0.4 is 0 Å². The minimum Gasteiger partial charge on any atom is -0.448 e. The Morgan fingerprint density at radius 3 is 2.20 bits per heavy atom. The molecule has 0 aliphatic heterocycles. The normalized spacial score (nSPS) is 17.4. The van der Waals surface area contributed by atoms with Crippen LogP contribution in [0.5, 0.6) is 0 Å². The van der Waals surface area contributed by atoms with Gasteiger partial charge in [-0.3, -0.25) is 0 Å². The maximum absolute atomic E-state index is 12.3. The fourth-order valence-corrected chi connectivity index (χ4v) is 3.95. The van der Waals surface area contributed by atoms with E-state index in [9.17, 15) is 9.90 Å². The van der Waals surface area contributed by atoms with E-state index in [4.69, 9.17) is 4.74 Å². The first-order valence-corrected chi connectivity index (χ1v) is 8.86. The number of likely N-dealkylation sites (N-methyl/N-ethyl adjacent to an activating group) is 1. The predicted octanol–water partition coefficient (Wildman–Crippen LogP) is 3.78. The lowest BCUT2D eigenvalue weighted by Gasteiger charge is -2.39. The van der Waals surface area contributed by atoms with Crippen molar-refractivity contribution in [2.45, 2.75) is 30.8 Å². The summed E-state index contributed by atoms with van der Waals surface area (Å²) in [6.07, 6.45) is 2.17. The lowest BCUT2D eigenvalue weighted by Crippen LogP contribution is -2.48. The van der Waals surface area contributed by atoms with Crippen LogP contribution in [0.1, 0.15) is 36.3 Å². The topological polar surface area (TPSA) is 49.8 Å². The van der Waals surface area contributed by atoms with Crippen molar-refractivity contribution in [3.8, 4) is 11.1 Å². The molecule has 2 aliphatic rings. The molecule has 0 unspecified atom stereocenters. The number of hydrogen-bond acceptors (Lipinski definition) is 3. The maximum atomic E-state index is 12.3. The van der Waals surface area contributed by atoms with Crippen LogP contribution in [0, 0.1) is 0 Å². The summed E-state index contributed by atoms with van der Waals surface area (Å²) in [5.74, 6) is 0.0662. The van der Waals surface area contributed by atoms with E-state index in [1.54, 1.807) is 7.05 Å². The second-order valence-electron chi connectivity index (χ2n) is 7.24. The van der Waals surface area contributed by atoms with Crippen LogP contribution in [0.2, 0.25) is 0 Å². The van der Waals surface area contributed by atoms with Crippen molar-refractivity contribution in [2.75, 3.05) is 20.2 Å². The highest BCUT2D eigenvalue weighted by Crippen LogP contribution is 2.44. The van der Waals surface area contributed by atoms with Gasteiger partial charge in [0.05, 0.1) is 12.1 Å². The predicted molar refractivity (Wildman–Crippen MR) is 96.5 cm³/mol. The Balaban J connectivity index is 1.47. The highest BCUT2D eigenvalue weighted by molar-refractivity contribution is 5.79. The summed E-state index contributed by atoms with van der Waals surface area (Å²) in [6.45, 7) is 0.652. The number of fused-ring (bicyclic) bond motifs is 3. The Hall–Kier alpha value is -2.33. The van der Waals surface area contributed by atoms with E-state index in [1.165, 1.54) is 27.2 Å². The molecule has 0 aromatic heterocycles. The van der Waals surface area contributed by atoms with Crippen molar-refractivity contribution in [3.63, 3.8) is 0 Å². The molecule has 0 atom stereocenters. The van der Waals surface area contributed by atoms with Crippen LogP contribution in [-0.4, -0.2) is 41.9 Å². The molecule has 1 amide bonds. The first-order chi connectivity index (χ1) is 12.1. The third kappa shape index (κ3) is 2.91. The molecule has 2 aliphatic carbocycles. The second-order valence-corrected chi connectivity index (χ2v) is 7.24. The van der Waals surface area contributed by atoms with Gasteiger partial charge >= 0.3 is 6.09 Å². The number of ether oxygens (including phenoxy) is 1. The van der Waals surface area contributed by atoms with Crippen molar-refractivity contribution in [1.82, 2.24) is 4.90 Å². The largest absolute Gasteiger partial charge is 0.448 e. The zero-order valence-corrected chi connectivity index (χ0v) is 14.4. The number of nitrogens with zero attached hydrogens (tertiary/aromatic N) is 1. The fraction of sp³-hybridized carbons (Fsp3) is 0.381. The molecule has 4 rings (SSSR count). The number of aliphatic hydroxyl groups is 1. The summed E-state index contributed by atoms with van der Waals surface area (Å²) in [4.78, 5) is 13.8. The first kappa shape index (κ1) is 16.2. The number of amides is 1. The summed E-state index contributed by atoms with van der Waals surface area (Å²) >= 11 is 0. The van der Waals surface area contributed by atoms with Gasteiger partial charge in [0.1, 0.15) is 6.61 Å². The van der Waals surface area contributed by atoms with E-state index in [2.05, 4.69) is 24.3 Å². The van der Waals surface area contributed by atoms with Crippen LogP contribution >= 0.6 is 0 Å². The molecule has 0 radical (unpaired) electrons. The van der Waals surface area contributed by atoms with Gasteiger partial charge in [-0.15, -0.1) is 0 Å². The lowest BCUT2D eigenvalue weighted by atomic mass is 9.80. The van der Waals surface area contributed by atoms with Crippen LogP contribution in [0.25, 0.3) is 11.1 Å². The molecule has 0 bridgehead atoms. The third-order valence-electron chi connectivity index (χ3n) is 5.46. The van der Waals surface area contributed by atoms with Crippen LogP contribution in [-0.2, 0) is 4.74 Å². The molecule has 4 heteroatoms. The van der Waals surface area contributed by atoms with Crippen molar-refractivity contribution in [2.24, 2.45) is 0 Å². The molecule has 2 aromatic carbocycles. The van der Waals surface area contributed by atoms with Gasteiger partial charge in [0, 0.05) is 13.0 Å². The number of rotatable bonds is 4. The maximum Gasteiger partial charge on any atom is 0.409 e. The lowest BCUT2D eigenvalue weighted by molar-refractivity contribution is -0.0527. The Bertz CT molecular complexity index is 752. The minimum absolute atomic E-state index is 0.0662. The van der Waals surface area contributed by atoms with Crippen molar-refractivity contribution >= 4 is 6.09 Å². The molecule has 130 valence electrons. The Morgan fingerprint density at radius 2 is 1.68 bits per heavy atom. The molecule has 4 nitrogen and oxygen atoms in total. The molecule has 1 fully saturated rings. The summed E-state index contributed by atoms with van der Waals surface area (Å²) < 4.78 is 5.59. The minimum atomic E-state index is -0.722. The van der Waals surface area contributed by atoms with E-state index in [1.807, 2.05) is 24.3 Å². The molecule has 1 N–H and O–H groups in total. The Kier molecular flexibility index (Phi) is 4.00. The highest BCUT2D eigenvalue weighted by Gasteiger charge is 2.37. The molecular formula is C21H23NO3. The van der Waals surface area contributed by atoms with E-state index in [-0.39, 0.29) is 12.0 Å². The standard InChI is InChI=1S/C21H23NO3/c1-22(14-21(24)11-6-12-21)20(23)25-13-19-17-9-4-2-7-15(17)16-8-3-5-10-18(16)19/h2-5,7-10,19,24H,6,11-14H2,1H3. The SMILES string of the molecule is CN(CC1(O)CCC1)C(=O)OCC1c2ccccc2-c2ccccc21. The molecule has 0 spiro atoms. The number of benzene rings is 2. The summed E-state index contributed by atoms with van der Waals surface area (Å²) in [7, 11) is 1.69. The van der Waals surface area contributed by atoms with E-state index in [0.29, 0.717) is 13.2 Å². The molecular weight excluding hydrogens is 314 g/mol. The van der Waals surface area contributed by atoms with Gasteiger partial charge in [0.15, 0.2) is 0 Å². The van der Waals surface area contributed by atoms with E-state index in [0.717, 1.165) is 19.3 Å². The van der Waals surface area contributed by atoms with E-state index >= 15 is 0 Å². The summed E-state index contributed by atoms with van der Waals surface area (Å²) in [6, 6.07) is 16.6.